The lowest BCUT2D eigenvalue weighted by atomic mass is 10.1. The zero-order chi connectivity index (χ0) is 12.1. The third-order valence-electron chi connectivity index (χ3n) is 2.30. The van der Waals surface area contributed by atoms with Crippen molar-refractivity contribution in [3.63, 3.8) is 0 Å². The number of ether oxygens (including phenoxy) is 2. The molecule has 3 nitrogen and oxygen atoms in total. The molecule has 2 rings (SSSR count). The lowest BCUT2D eigenvalue weighted by Crippen LogP contribution is -2.29. The number of rotatable bonds is 1. The minimum Gasteiger partial charge on any atom is -0.449 e. The number of hydrogen-bond acceptors (Lipinski definition) is 3. The van der Waals surface area contributed by atoms with Gasteiger partial charge in [-0.05, 0) is 6.92 Å². The molecule has 0 spiro atoms. The SMILES string of the molecule is CC(O)c1c(F)cc2c(c1F)OC(C)(C)O2. The van der Waals surface area contributed by atoms with E-state index in [4.69, 9.17) is 9.47 Å². The van der Waals surface area contributed by atoms with E-state index in [1.54, 1.807) is 13.8 Å². The van der Waals surface area contributed by atoms with E-state index in [-0.39, 0.29) is 11.5 Å². The molecule has 0 saturated heterocycles. The van der Waals surface area contributed by atoms with Crippen molar-refractivity contribution in [1.29, 1.82) is 0 Å². The second-order valence-corrected chi connectivity index (χ2v) is 4.19. The van der Waals surface area contributed by atoms with Gasteiger partial charge in [0.2, 0.25) is 11.5 Å². The molecule has 0 aromatic heterocycles. The second-order valence-electron chi connectivity index (χ2n) is 4.19. The molecule has 1 aliphatic rings. The van der Waals surface area contributed by atoms with Gasteiger partial charge in [0.15, 0.2) is 11.6 Å². The Morgan fingerprint density at radius 1 is 1.31 bits per heavy atom. The average Bonchev–Trinajstić information content (AvgIpc) is 2.39. The number of hydrogen-bond donors (Lipinski definition) is 1. The Labute approximate surface area is 91.6 Å². The standard InChI is InChI=1S/C11H12F2O3/c1-5(14)8-6(12)4-7-10(9(8)13)16-11(2,3)15-7/h4-5,14H,1-3H3. The summed E-state index contributed by atoms with van der Waals surface area (Å²) < 4.78 is 37.7. The highest BCUT2D eigenvalue weighted by Crippen LogP contribution is 2.44. The fraction of sp³-hybridized carbons (Fsp3) is 0.455. The van der Waals surface area contributed by atoms with Gasteiger partial charge in [0.1, 0.15) is 5.82 Å². The van der Waals surface area contributed by atoms with Gasteiger partial charge in [0.05, 0.1) is 11.7 Å². The molecular weight excluding hydrogens is 218 g/mol. The summed E-state index contributed by atoms with van der Waals surface area (Å²) in [5.41, 5.74) is -0.403. The first-order chi connectivity index (χ1) is 7.32. The Bertz CT molecular complexity index is 441. The molecule has 1 heterocycles. The van der Waals surface area contributed by atoms with Crippen LogP contribution in [0.5, 0.6) is 11.5 Å². The molecule has 1 atom stereocenters. The van der Waals surface area contributed by atoms with Gasteiger partial charge in [-0.3, -0.25) is 0 Å². The zero-order valence-corrected chi connectivity index (χ0v) is 9.17. The minimum absolute atomic E-state index is 0.0180. The molecule has 1 aromatic carbocycles. The van der Waals surface area contributed by atoms with Gasteiger partial charge in [-0.25, -0.2) is 8.78 Å². The summed E-state index contributed by atoms with van der Waals surface area (Å²) >= 11 is 0. The van der Waals surface area contributed by atoms with Crippen LogP contribution in [0.4, 0.5) is 8.78 Å². The van der Waals surface area contributed by atoms with E-state index in [0.717, 1.165) is 6.07 Å². The molecule has 0 radical (unpaired) electrons. The lowest BCUT2D eigenvalue weighted by molar-refractivity contribution is -0.0446. The van der Waals surface area contributed by atoms with Crippen LogP contribution in [-0.2, 0) is 0 Å². The number of benzene rings is 1. The molecule has 1 aliphatic heterocycles. The summed E-state index contributed by atoms with van der Waals surface area (Å²) in [4.78, 5) is 0. The normalized spacial score (nSPS) is 18.6. The van der Waals surface area contributed by atoms with Gasteiger partial charge in [0.25, 0.3) is 0 Å². The first-order valence-electron chi connectivity index (χ1n) is 4.90. The largest absolute Gasteiger partial charge is 0.449 e. The molecule has 0 amide bonds. The van der Waals surface area contributed by atoms with E-state index in [1.165, 1.54) is 6.92 Å². The van der Waals surface area contributed by atoms with Crippen molar-refractivity contribution in [1.82, 2.24) is 0 Å². The maximum atomic E-state index is 13.8. The van der Waals surface area contributed by atoms with Crippen molar-refractivity contribution < 1.29 is 23.4 Å². The van der Waals surface area contributed by atoms with Gasteiger partial charge >= 0.3 is 0 Å². The maximum absolute atomic E-state index is 13.8. The van der Waals surface area contributed by atoms with Crippen molar-refractivity contribution >= 4 is 0 Å². The molecule has 1 N–H and O–H groups in total. The van der Waals surface area contributed by atoms with Crippen molar-refractivity contribution in [3.8, 4) is 11.5 Å². The maximum Gasteiger partial charge on any atom is 0.246 e. The smallest absolute Gasteiger partial charge is 0.246 e. The van der Waals surface area contributed by atoms with E-state index in [0.29, 0.717) is 0 Å². The lowest BCUT2D eigenvalue weighted by Gasteiger charge is -2.16. The van der Waals surface area contributed by atoms with Crippen LogP contribution in [-0.4, -0.2) is 10.9 Å². The molecule has 0 saturated carbocycles. The molecule has 88 valence electrons. The minimum atomic E-state index is -1.24. The van der Waals surface area contributed by atoms with E-state index >= 15 is 0 Å². The third-order valence-corrected chi connectivity index (χ3v) is 2.30. The van der Waals surface area contributed by atoms with Crippen LogP contribution in [0, 0.1) is 11.6 Å². The van der Waals surface area contributed by atoms with Crippen molar-refractivity contribution in [2.45, 2.75) is 32.7 Å². The first kappa shape index (κ1) is 11.1. The van der Waals surface area contributed by atoms with Gasteiger partial charge in [-0.15, -0.1) is 0 Å². The average molecular weight is 230 g/mol. The third kappa shape index (κ3) is 1.61. The number of aliphatic hydroxyl groups is 1. The predicted octanol–water partition coefficient (Wildman–Crippen LogP) is 2.53. The van der Waals surface area contributed by atoms with Gasteiger partial charge < -0.3 is 14.6 Å². The molecule has 1 unspecified atom stereocenters. The van der Waals surface area contributed by atoms with Crippen molar-refractivity contribution in [3.05, 3.63) is 23.3 Å². The Balaban J connectivity index is 2.58. The summed E-state index contributed by atoms with van der Waals surface area (Å²) in [6, 6.07) is 1.02. The number of halogens is 2. The van der Waals surface area contributed by atoms with E-state index in [2.05, 4.69) is 0 Å². The van der Waals surface area contributed by atoms with E-state index < -0.39 is 29.1 Å². The van der Waals surface area contributed by atoms with Crippen LogP contribution in [0.1, 0.15) is 32.4 Å². The highest BCUT2D eigenvalue weighted by molar-refractivity contribution is 5.48. The molecule has 1 aromatic rings. The summed E-state index contributed by atoms with van der Waals surface area (Å²) in [6.07, 6.45) is -1.24. The monoisotopic (exact) mass is 230 g/mol. The van der Waals surface area contributed by atoms with Crippen molar-refractivity contribution in [2.24, 2.45) is 0 Å². The Morgan fingerprint density at radius 3 is 2.50 bits per heavy atom. The summed E-state index contributed by atoms with van der Waals surface area (Å²) in [5.74, 6) is -2.90. The predicted molar refractivity (Wildman–Crippen MR) is 52.3 cm³/mol. The van der Waals surface area contributed by atoms with Crippen LogP contribution in [0.15, 0.2) is 6.07 Å². The zero-order valence-electron chi connectivity index (χ0n) is 9.17. The summed E-state index contributed by atoms with van der Waals surface area (Å²) in [5, 5.41) is 9.27. The van der Waals surface area contributed by atoms with Crippen LogP contribution < -0.4 is 9.47 Å². The highest BCUT2D eigenvalue weighted by Gasteiger charge is 2.36. The fourth-order valence-corrected chi connectivity index (χ4v) is 1.68. The van der Waals surface area contributed by atoms with Crippen LogP contribution in [0.2, 0.25) is 0 Å². The second kappa shape index (κ2) is 3.31. The fourth-order valence-electron chi connectivity index (χ4n) is 1.68. The Morgan fingerprint density at radius 2 is 1.94 bits per heavy atom. The number of aliphatic hydroxyl groups excluding tert-OH is 1. The van der Waals surface area contributed by atoms with Gasteiger partial charge in [-0.1, -0.05) is 0 Å². The van der Waals surface area contributed by atoms with E-state index in [9.17, 15) is 13.9 Å². The molecule has 16 heavy (non-hydrogen) atoms. The molecule has 0 aliphatic carbocycles. The summed E-state index contributed by atoms with van der Waals surface area (Å²) in [7, 11) is 0. The van der Waals surface area contributed by atoms with Crippen LogP contribution in [0.3, 0.4) is 0 Å². The molecular formula is C11H12F2O3. The Kier molecular flexibility index (Phi) is 2.31. The van der Waals surface area contributed by atoms with Crippen LogP contribution >= 0.6 is 0 Å². The number of fused-ring (bicyclic) bond motifs is 1. The Hall–Kier alpha value is -1.36. The molecule has 0 fully saturated rings. The highest BCUT2D eigenvalue weighted by atomic mass is 19.1. The van der Waals surface area contributed by atoms with E-state index in [1.807, 2.05) is 0 Å². The van der Waals surface area contributed by atoms with Gasteiger partial charge in [0, 0.05) is 19.9 Å². The van der Waals surface area contributed by atoms with Crippen LogP contribution in [0.25, 0.3) is 0 Å². The first-order valence-corrected chi connectivity index (χ1v) is 4.90. The van der Waals surface area contributed by atoms with Crippen molar-refractivity contribution in [2.75, 3.05) is 0 Å². The van der Waals surface area contributed by atoms with Gasteiger partial charge in [-0.2, -0.15) is 0 Å². The summed E-state index contributed by atoms with van der Waals surface area (Å²) in [6.45, 7) is 4.47. The molecule has 5 heteroatoms. The topological polar surface area (TPSA) is 38.7 Å². The quantitative estimate of drug-likeness (QED) is 0.805. The molecule has 0 bridgehead atoms.